The van der Waals surface area contributed by atoms with Crippen molar-refractivity contribution >= 4 is 12.0 Å². The molecular weight excluding hydrogens is 246 g/mol. The molecule has 0 atom stereocenters. The van der Waals surface area contributed by atoms with E-state index in [0.717, 1.165) is 5.56 Å². The molecule has 92 valence electrons. The molecule has 0 amide bonds. The Morgan fingerprint density at radius 2 is 1.83 bits per heavy atom. The quantitative estimate of drug-likeness (QED) is 0.419. The minimum absolute atomic E-state index is 0. The van der Waals surface area contributed by atoms with Gasteiger partial charge in [-0.3, -0.25) is 4.79 Å². The van der Waals surface area contributed by atoms with E-state index in [1.807, 2.05) is 66.3 Å². The molecule has 0 fully saturated rings. The van der Waals surface area contributed by atoms with Crippen LogP contribution in [0, 0.1) is 6.92 Å². The first-order chi connectivity index (χ1) is 8.25. The van der Waals surface area contributed by atoms with Crippen LogP contribution in [0.5, 0.6) is 0 Å². The Labute approximate surface area is 113 Å². The standard InChI is InChI=1S/C15H14NO.ClH/c1-13-6-5-10-16(12-13)11-9-15(17)14-7-3-2-4-8-14;/h2-12H,1H3;1H/q+1;/p-1. The molecule has 0 unspecified atom stereocenters. The van der Waals surface area contributed by atoms with Gasteiger partial charge in [-0.05, 0) is 13.0 Å². The number of ketones is 1. The predicted molar refractivity (Wildman–Crippen MR) is 67.5 cm³/mol. The fraction of sp³-hybridized carbons (Fsp3) is 0.0667. The monoisotopic (exact) mass is 259 g/mol. The number of pyridine rings is 1. The van der Waals surface area contributed by atoms with Gasteiger partial charge in [0.05, 0.1) is 6.08 Å². The SMILES string of the molecule is Cc1ccc[n+](C=CC(=O)c2ccccc2)c1.[Cl-]. The molecule has 0 aliphatic carbocycles. The molecule has 18 heavy (non-hydrogen) atoms. The number of allylic oxidation sites excluding steroid dienone is 1. The first-order valence-corrected chi connectivity index (χ1v) is 5.51. The second-order valence-corrected chi connectivity index (χ2v) is 3.87. The molecule has 2 rings (SSSR count). The molecule has 2 aromatic rings. The summed E-state index contributed by atoms with van der Waals surface area (Å²) in [4.78, 5) is 11.8. The number of hydrogen-bond acceptors (Lipinski definition) is 1. The van der Waals surface area contributed by atoms with E-state index in [4.69, 9.17) is 0 Å². The average Bonchev–Trinajstić information content (AvgIpc) is 2.37. The van der Waals surface area contributed by atoms with Gasteiger partial charge in [0, 0.05) is 17.2 Å². The number of carbonyl (C=O) groups is 1. The van der Waals surface area contributed by atoms with Crippen LogP contribution in [0.15, 0.2) is 60.9 Å². The normalized spacial score (nSPS) is 10.1. The van der Waals surface area contributed by atoms with Crippen molar-refractivity contribution in [3.63, 3.8) is 0 Å². The highest BCUT2D eigenvalue weighted by molar-refractivity contribution is 6.05. The van der Waals surface area contributed by atoms with Crippen LogP contribution in [-0.2, 0) is 0 Å². The molecule has 3 heteroatoms. The van der Waals surface area contributed by atoms with E-state index in [1.54, 1.807) is 12.3 Å². The highest BCUT2D eigenvalue weighted by atomic mass is 35.5. The molecule has 1 aromatic heterocycles. The molecular formula is C15H14ClNO. The molecule has 0 aliphatic rings. The third kappa shape index (κ3) is 3.82. The number of hydrogen-bond donors (Lipinski definition) is 0. The molecule has 2 nitrogen and oxygen atoms in total. The lowest BCUT2D eigenvalue weighted by molar-refractivity contribution is -0.568. The average molecular weight is 260 g/mol. The van der Waals surface area contributed by atoms with Crippen LogP contribution < -0.4 is 17.0 Å². The minimum atomic E-state index is 0. The number of aryl methyl sites for hydroxylation is 1. The third-order valence-electron chi connectivity index (χ3n) is 2.43. The smallest absolute Gasteiger partial charge is 0.191 e. The summed E-state index contributed by atoms with van der Waals surface area (Å²) in [6.45, 7) is 2.02. The van der Waals surface area contributed by atoms with Crippen molar-refractivity contribution in [2.75, 3.05) is 0 Å². The van der Waals surface area contributed by atoms with Crippen molar-refractivity contribution in [1.82, 2.24) is 0 Å². The number of carbonyl (C=O) groups excluding carboxylic acids is 1. The Bertz CT molecular complexity index is 549. The second kappa shape index (κ2) is 6.72. The van der Waals surface area contributed by atoms with E-state index in [1.165, 1.54) is 0 Å². The number of nitrogens with zero attached hydrogens (tertiary/aromatic N) is 1. The van der Waals surface area contributed by atoms with Crippen LogP contribution >= 0.6 is 0 Å². The summed E-state index contributed by atoms with van der Waals surface area (Å²) in [5.74, 6) is 0.0135. The van der Waals surface area contributed by atoms with Gasteiger partial charge in [-0.2, -0.15) is 4.57 Å². The maximum absolute atomic E-state index is 11.8. The van der Waals surface area contributed by atoms with Gasteiger partial charge in [0.2, 0.25) is 0 Å². The second-order valence-electron chi connectivity index (χ2n) is 3.87. The van der Waals surface area contributed by atoms with Crippen LogP contribution in [0.1, 0.15) is 15.9 Å². The molecule has 0 aliphatic heterocycles. The highest BCUT2D eigenvalue weighted by Crippen LogP contribution is 2.00. The van der Waals surface area contributed by atoms with Gasteiger partial charge in [-0.1, -0.05) is 30.3 Å². The number of aromatic nitrogens is 1. The summed E-state index contributed by atoms with van der Waals surface area (Å²) >= 11 is 0. The summed E-state index contributed by atoms with van der Waals surface area (Å²) in [6.07, 6.45) is 7.22. The first-order valence-electron chi connectivity index (χ1n) is 5.51. The first kappa shape index (κ1) is 14.1. The number of rotatable bonds is 3. The fourth-order valence-electron chi connectivity index (χ4n) is 1.56. The van der Waals surface area contributed by atoms with Crippen molar-refractivity contribution in [3.8, 4) is 0 Å². The van der Waals surface area contributed by atoms with Gasteiger partial charge in [-0.25, -0.2) is 0 Å². The van der Waals surface area contributed by atoms with E-state index in [2.05, 4.69) is 0 Å². The van der Waals surface area contributed by atoms with Crippen molar-refractivity contribution in [3.05, 3.63) is 72.1 Å². The molecule has 0 N–H and O–H groups in total. The molecule has 1 heterocycles. The van der Waals surface area contributed by atoms with E-state index in [0.29, 0.717) is 5.56 Å². The topological polar surface area (TPSA) is 20.9 Å². The highest BCUT2D eigenvalue weighted by Gasteiger charge is 2.01. The zero-order chi connectivity index (χ0) is 12.1. The minimum Gasteiger partial charge on any atom is -1.00 e. The zero-order valence-electron chi connectivity index (χ0n) is 10.1. The van der Waals surface area contributed by atoms with Gasteiger partial charge >= 0.3 is 0 Å². The van der Waals surface area contributed by atoms with Crippen LogP contribution in [0.2, 0.25) is 0 Å². The molecule has 0 radical (unpaired) electrons. The van der Waals surface area contributed by atoms with E-state index >= 15 is 0 Å². The summed E-state index contributed by atoms with van der Waals surface area (Å²) in [7, 11) is 0. The van der Waals surface area contributed by atoms with Gasteiger partial charge < -0.3 is 12.4 Å². The Kier molecular flexibility index (Phi) is 5.28. The van der Waals surface area contributed by atoms with Crippen molar-refractivity contribution in [2.45, 2.75) is 6.92 Å². The number of benzene rings is 1. The lowest BCUT2D eigenvalue weighted by atomic mass is 10.1. The Morgan fingerprint density at radius 1 is 1.11 bits per heavy atom. The number of halogens is 1. The van der Waals surface area contributed by atoms with Gasteiger partial charge in [0.15, 0.2) is 24.4 Å². The molecule has 0 bridgehead atoms. The van der Waals surface area contributed by atoms with Gasteiger partial charge in [0.25, 0.3) is 0 Å². The van der Waals surface area contributed by atoms with E-state index in [9.17, 15) is 4.79 Å². The van der Waals surface area contributed by atoms with Crippen LogP contribution in [0.3, 0.4) is 0 Å². The molecule has 1 aromatic carbocycles. The molecule has 0 saturated heterocycles. The Balaban J connectivity index is 0.00000162. The summed E-state index contributed by atoms with van der Waals surface area (Å²) < 4.78 is 1.87. The Morgan fingerprint density at radius 3 is 2.50 bits per heavy atom. The maximum Gasteiger partial charge on any atom is 0.191 e. The summed E-state index contributed by atoms with van der Waals surface area (Å²) in [6, 6.07) is 13.2. The van der Waals surface area contributed by atoms with Gasteiger partial charge in [0.1, 0.15) is 0 Å². The predicted octanol–water partition coefficient (Wildman–Crippen LogP) is -0.360. The largest absolute Gasteiger partial charge is 1.00 e. The van der Waals surface area contributed by atoms with Crippen molar-refractivity contribution in [1.29, 1.82) is 0 Å². The van der Waals surface area contributed by atoms with Crippen molar-refractivity contribution in [2.24, 2.45) is 0 Å². The maximum atomic E-state index is 11.8. The van der Waals surface area contributed by atoms with Crippen LogP contribution in [0.4, 0.5) is 0 Å². The third-order valence-corrected chi connectivity index (χ3v) is 2.43. The zero-order valence-corrected chi connectivity index (χ0v) is 10.8. The summed E-state index contributed by atoms with van der Waals surface area (Å²) in [5, 5.41) is 0. The molecule has 0 spiro atoms. The fourth-order valence-corrected chi connectivity index (χ4v) is 1.56. The van der Waals surface area contributed by atoms with Gasteiger partial charge in [-0.15, -0.1) is 0 Å². The molecule has 0 saturated carbocycles. The lowest BCUT2D eigenvalue weighted by Gasteiger charge is -1.93. The summed E-state index contributed by atoms with van der Waals surface area (Å²) in [5.41, 5.74) is 1.86. The van der Waals surface area contributed by atoms with Crippen LogP contribution in [-0.4, -0.2) is 5.78 Å². The lowest BCUT2D eigenvalue weighted by Crippen LogP contribution is -3.00. The van der Waals surface area contributed by atoms with E-state index < -0.39 is 0 Å². The van der Waals surface area contributed by atoms with Crippen molar-refractivity contribution < 1.29 is 21.8 Å². The van der Waals surface area contributed by atoms with Crippen LogP contribution in [0.25, 0.3) is 6.20 Å². The Hall–Kier alpha value is -1.93. The van der Waals surface area contributed by atoms with E-state index in [-0.39, 0.29) is 18.2 Å².